The Morgan fingerprint density at radius 1 is 1.53 bits per heavy atom. The number of hydrogen-bond donors (Lipinski definition) is 2. The molecule has 1 rings (SSSR count). The summed E-state index contributed by atoms with van der Waals surface area (Å²) in [5.74, 6) is -0.189. The molecular formula is C11H15FN2O3. The number of ether oxygens (including phenoxy) is 2. The van der Waals surface area contributed by atoms with Crippen LogP contribution in [0, 0.1) is 5.82 Å². The van der Waals surface area contributed by atoms with Crippen LogP contribution in [-0.4, -0.2) is 26.4 Å². The van der Waals surface area contributed by atoms with E-state index < -0.39 is 11.9 Å². The fraction of sp³-hybridized carbons (Fsp3) is 0.364. The standard InChI is InChI=1S/C11H15FN2O3/c1-16-10-3-2-8(6-9(10)12)7-14-4-5-17-11(13)15/h2-3,6,14H,4-5,7H2,1H3,(H2,13,15). The number of methoxy groups -OCH3 is 1. The molecule has 0 aliphatic carbocycles. The molecule has 0 aliphatic rings. The highest BCUT2D eigenvalue weighted by atomic mass is 19.1. The van der Waals surface area contributed by atoms with Crippen LogP contribution in [-0.2, 0) is 11.3 Å². The van der Waals surface area contributed by atoms with Crippen LogP contribution < -0.4 is 15.8 Å². The molecule has 6 heteroatoms. The van der Waals surface area contributed by atoms with Gasteiger partial charge >= 0.3 is 6.09 Å². The fourth-order valence-corrected chi connectivity index (χ4v) is 1.28. The number of primary amides is 1. The molecule has 17 heavy (non-hydrogen) atoms. The molecular weight excluding hydrogens is 227 g/mol. The maximum absolute atomic E-state index is 13.3. The summed E-state index contributed by atoms with van der Waals surface area (Å²) in [5, 5.41) is 2.98. The van der Waals surface area contributed by atoms with E-state index in [0.29, 0.717) is 13.1 Å². The molecule has 0 unspecified atom stereocenters. The third-order valence-electron chi connectivity index (χ3n) is 2.07. The van der Waals surface area contributed by atoms with Gasteiger partial charge in [0.2, 0.25) is 0 Å². The van der Waals surface area contributed by atoms with Crippen molar-refractivity contribution in [2.75, 3.05) is 20.3 Å². The van der Waals surface area contributed by atoms with Gasteiger partial charge < -0.3 is 20.5 Å². The van der Waals surface area contributed by atoms with Crippen molar-refractivity contribution in [2.45, 2.75) is 6.54 Å². The van der Waals surface area contributed by atoms with Crippen molar-refractivity contribution in [3.05, 3.63) is 29.6 Å². The first-order valence-electron chi connectivity index (χ1n) is 5.09. The lowest BCUT2D eigenvalue weighted by Crippen LogP contribution is -2.23. The monoisotopic (exact) mass is 242 g/mol. The Balaban J connectivity index is 2.32. The van der Waals surface area contributed by atoms with E-state index in [0.717, 1.165) is 5.56 Å². The van der Waals surface area contributed by atoms with Crippen LogP contribution in [0.25, 0.3) is 0 Å². The summed E-state index contributed by atoms with van der Waals surface area (Å²) in [6.45, 7) is 1.12. The summed E-state index contributed by atoms with van der Waals surface area (Å²) in [5.41, 5.74) is 5.57. The molecule has 3 N–H and O–H groups in total. The summed E-state index contributed by atoms with van der Waals surface area (Å²) in [4.78, 5) is 10.3. The van der Waals surface area contributed by atoms with E-state index in [9.17, 15) is 9.18 Å². The zero-order valence-corrected chi connectivity index (χ0v) is 9.53. The molecule has 5 nitrogen and oxygen atoms in total. The molecule has 0 fully saturated rings. The van der Waals surface area contributed by atoms with Crippen LogP contribution in [0.5, 0.6) is 5.75 Å². The molecule has 1 aromatic carbocycles. The van der Waals surface area contributed by atoms with Crippen molar-refractivity contribution in [3.8, 4) is 5.75 Å². The van der Waals surface area contributed by atoms with Gasteiger partial charge in [-0.25, -0.2) is 9.18 Å². The van der Waals surface area contributed by atoms with E-state index >= 15 is 0 Å². The van der Waals surface area contributed by atoms with Gasteiger partial charge in [-0.3, -0.25) is 0 Å². The molecule has 1 amide bonds. The fourth-order valence-electron chi connectivity index (χ4n) is 1.28. The van der Waals surface area contributed by atoms with Gasteiger partial charge in [-0.15, -0.1) is 0 Å². The average Bonchev–Trinajstić information content (AvgIpc) is 2.28. The van der Waals surface area contributed by atoms with E-state index in [2.05, 4.69) is 10.1 Å². The van der Waals surface area contributed by atoms with Gasteiger partial charge in [0.25, 0.3) is 0 Å². The van der Waals surface area contributed by atoms with E-state index in [4.69, 9.17) is 10.5 Å². The van der Waals surface area contributed by atoms with Crippen LogP contribution in [0.3, 0.4) is 0 Å². The first-order valence-corrected chi connectivity index (χ1v) is 5.09. The van der Waals surface area contributed by atoms with E-state index in [-0.39, 0.29) is 12.4 Å². The molecule has 1 aromatic rings. The molecule has 0 heterocycles. The van der Waals surface area contributed by atoms with Gasteiger partial charge in [0.15, 0.2) is 11.6 Å². The number of hydrogen-bond acceptors (Lipinski definition) is 4. The SMILES string of the molecule is COc1ccc(CNCCOC(N)=O)cc1F. The Morgan fingerprint density at radius 3 is 2.88 bits per heavy atom. The summed E-state index contributed by atoms with van der Waals surface area (Å²) >= 11 is 0. The van der Waals surface area contributed by atoms with Crippen LogP contribution in [0.4, 0.5) is 9.18 Å². The molecule has 0 saturated carbocycles. The lowest BCUT2D eigenvalue weighted by molar-refractivity contribution is 0.157. The molecule has 0 spiro atoms. The Hall–Kier alpha value is -1.82. The third-order valence-corrected chi connectivity index (χ3v) is 2.07. The van der Waals surface area contributed by atoms with Crippen LogP contribution in [0.15, 0.2) is 18.2 Å². The summed E-state index contributed by atoms with van der Waals surface area (Å²) in [6.07, 6.45) is -0.803. The lowest BCUT2D eigenvalue weighted by atomic mass is 10.2. The van der Waals surface area contributed by atoms with Crippen molar-refractivity contribution in [3.63, 3.8) is 0 Å². The number of nitrogens with two attached hydrogens (primary N) is 1. The highest BCUT2D eigenvalue weighted by molar-refractivity contribution is 5.64. The number of rotatable bonds is 6. The Bertz CT molecular complexity index is 385. The first kappa shape index (κ1) is 13.2. The highest BCUT2D eigenvalue weighted by Crippen LogP contribution is 2.17. The second kappa shape index (κ2) is 6.70. The molecule has 0 radical (unpaired) electrons. The molecule has 0 saturated heterocycles. The second-order valence-electron chi connectivity index (χ2n) is 3.31. The zero-order valence-electron chi connectivity index (χ0n) is 9.53. The van der Waals surface area contributed by atoms with Gasteiger partial charge in [0.05, 0.1) is 7.11 Å². The van der Waals surface area contributed by atoms with Gasteiger partial charge in [0.1, 0.15) is 6.61 Å². The Kier molecular flexibility index (Phi) is 5.22. The van der Waals surface area contributed by atoms with Gasteiger partial charge in [-0.05, 0) is 17.7 Å². The van der Waals surface area contributed by atoms with Crippen molar-refractivity contribution in [2.24, 2.45) is 5.73 Å². The number of carbonyl (C=O) groups is 1. The van der Waals surface area contributed by atoms with Crippen molar-refractivity contribution in [1.29, 1.82) is 0 Å². The van der Waals surface area contributed by atoms with Gasteiger partial charge in [-0.2, -0.15) is 0 Å². The smallest absolute Gasteiger partial charge is 0.404 e. The zero-order chi connectivity index (χ0) is 12.7. The molecule has 0 aliphatic heterocycles. The summed E-state index contributed by atoms with van der Waals surface area (Å²) < 4.78 is 22.6. The van der Waals surface area contributed by atoms with E-state index in [1.807, 2.05) is 0 Å². The number of carbonyl (C=O) groups excluding carboxylic acids is 1. The summed E-state index contributed by atoms with van der Waals surface area (Å²) in [7, 11) is 1.41. The number of halogens is 1. The largest absolute Gasteiger partial charge is 0.494 e. The van der Waals surface area contributed by atoms with Gasteiger partial charge in [0, 0.05) is 13.1 Å². The quantitative estimate of drug-likeness (QED) is 0.730. The molecule has 0 aromatic heterocycles. The topological polar surface area (TPSA) is 73.6 Å². The minimum atomic E-state index is -0.803. The molecule has 94 valence electrons. The van der Waals surface area contributed by atoms with E-state index in [1.54, 1.807) is 12.1 Å². The Morgan fingerprint density at radius 2 is 2.29 bits per heavy atom. The predicted octanol–water partition coefficient (Wildman–Crippen LogP) is 1.02. The summed E-state index contributed by atoms with van der Waals surface area (Å²) in [6, 6.07) is 4.71. The highest BCUT2D eigenvalue weighted by Gasteiger charge is 2.02. The minimum absolute atomic E-state index is 0.188. The van der Waals surface area contributed by atoms with Crippen LogP contribution >= 0.6 is 0 Å². The van der Waals surface area contributed by atoms with Crippen molar-refractivity contribution in [1.82, 2.24) is 5.32 Å². The first-order chi connectivity index (χ1) is 8.13. The minimum Gasteiger partial charge on any atom is -0.494 e. The van der Waals surface area contributed by atoms with Gasteiger partial charge in [-0.1, -0.05) is 6.07 Å². The Labute approximate surface area is 98.7 Å². The van der Waals surface area contributed by atoms with Crippen molar-refractivity contribution >= 4 is 6.09 Å². The van der Waals surface area contributed by atoms with E-state index in [1.165, 1.54) is 13.2 Å². The normalized spacial score (nSPS) is 10.0. The number of amides is 1. The lowest BCUT2D eigenvalue weighted by Gasteiger charge is -2.07. The average molecular weight is 242 g/mol. The maximum atomic E-state index is 13.3. The molecule has 0 atom stereocenters. The van der Waals surface area contributed by atoms with Crippen LogP contribution in [0.2, 0.25) is 0 Å². The third kappa shape index (κ3) is 4.69. The number of nitrogens with one attached hydrogen (secondary N) is 1. The maximum Gasteiger partial charge on any atom is 0.404 e. The van der Waals surface area contributed by atoms with Crippen molar-refractivity contribution < 1.29 is 18.7 Å². The molecule has 0 bridgehead atoms. The van der Waals surface area contributed by atoms with Crippen LogP contribution in [0.1, 0.15) is 5.56 Å². The second-order valence-corrected chi connectivity index (χ2v) is 3.31. The predicted molar refractivity (Wildman–Crippen MR) is 60.2 cm³/mol. The number of benzene rings is 1.